The highest BCUT2D eigenvalue weighted by molar-refractivity contribution is 7.90. The molecular formula is C12H20N2O2S. The molecule has 0 radical (unpaired) electrons. The van der Waals surface area contributed by atoms with Gasteiger partial charge in [-0.15, -0.1) is 0 Å². The standard InChI is InChI=1S/C12H20N2O2S/c1-13-10-11-6-4-5-7-12(11)14(2)8-9-17(3,15)16/h4-7,13H,8-10H2,1-3H3. The number of sulfone groups is 1. The van der Waals surface area contributed by atoms with Crippen molar-refractivity contribution < 1.29 is 8.42 Å². The van der Waals surface area contributed by atoms with Crippen LogP contribution in [0.3, 0.4) is 0 Å². The Hall–Kier alpha value is -1.07. The smallest absolute Gasteiger partial charge is 0.149 e. The Morgan fingerprint density at radius 3 is 2.53 bits per heavy atom. The number of nitrogens with zero attached hydrogens (tertiary/aromatic N) is 1. The maximum atomic E-state index is 11.1. The van der Waals surface area contributed by atoms with Gasteiger partial charge in [0.15, 0.2) is 0 Å². The quantitative estimate of drug-likeness (QED) is 0.821. The second-order valence-electron chi connectivity index (χ2n) is 4.21. The van der Waals surface area contributed by atoms with Crippen molar-refractivity contribution in [2.45, 2.75) is 6.54 Å². The van der Waals surface area contributed by atoms with Gasteiger partial charge in [0.2, 0.25) is 0 Å². The molecule has 0 aliphatic carbocycles. The molecule has 1 N–H and O–H groups in total. The SMILES string of the molecule is CNCc1ccccc1N(C)CCS(C)(=O)=O. The van der Waals surface area contributed by atoms with Crippen molar-refractivity contribution in [1.29, 1.82) is 0 Å². The highest BCUT2D eigenvalue weighted by Crippen LogP contribution is 2.18. The summed E-state index contributed by atoms with van der Waals surface area (Å²) in [7, 11) is 0.903. The Balaban J connectivity index is 2.77. The van der Waals surface area contributed by atoms with Crippen LogP contribution in [0.5, 0.6) is 0 Å². The normalized spacial score (nSPS) is 11.5. The van der Waals surface area contributed by atoms with Gasteiger partial charge in [-0.3, -0.25) is 0 Å². The Morgan fingerprint density at radius 2 is 1.94 bits per heavy atom. The van der Waals surface area contributed by atoms with Crippen LogP contribution < -0.4 is 10.2 Å². The van der Waals surface area contributed by atoms with Gasteiger partial charge in [0, 0.05) is 32.1 Å². The topological polar surface area (TPSA) is 49.4 Å². The molecule has 1 aromatic rings. The minimum atomic E-state index is -2.91. The van der Waals surface area contributed by atoms with E-state index in [1.165, 1.54) is 11.8 Å². The lowest BCUT2D eigenvalue weighted by atomic mass is 10.1. The van der Waals surface area contributed by atoms with Crippen LogP contribution in [0.1, 0.15) is 5.56 Å². The first-order valence-electron chi connectivity index (χ1n) is 5.55. The molecule has 0 atom stereocenters. The molecule has 0 spiro atoms. The van der Waals surface area contributed by atoms with E-state index in [-0.39, 0.29) is 5.75 Å². The Labute approximate surface area is 104 Å². The van der Waals surface area contributed by atoms with Crippen molar-refractivity contribution in [1.82, 2.24) is 5.32 Å². The first-order valence-corrected chi connectivity index (χ1v) is 7.61. The molecule has 0 heterocycles. The van der Waals surface area contributed by atoms with E-state index in [0.717, 1.165) is 12.2 Å². The molecular weight excluding hydrogens is 236 g/mol. The molecule has 17 heavy (non-hydrogen) atoms. The van der Waals surface area contributed by atoms with Crippen molar-refractivity contribution in [3.63, 3.8) is 0 Å². The van der Waals surface area contributed by atoms with E-state index in [0.29, 0.717) is 6.54 Å². The summed E-state index contributed by atoms with van der Waals surface area (Å²) < 4.78 is 22.3. The van der Waals surface area contributed by atoms with Gasteiger partial charge < -0.3 is 10.2 Å². The first-order chi connectivity index (χ1) is 7.94. The number of para-hydroxylation sites is 1. The van der Waals surface area contributed by atoms with Crippen LogP contribution in [0.15, 0.2) is 24.3 Å². The lowest BCUT2D eigenvalue weighted by molar-refractivity contribution is 0.601. The summed E-state index contributed by atoms with van der Waals surface area (Å²) in [6.07, 6.45) is 1.26. The van der Waals surface area contributed by atoms with Crippen LogP contribution in [0.2, 0.25) is 0 Å². The fourth-order valence-electron chi connectivity index (χ4n) is 1.65. The highest BCUT2D eigenvalue weighted by atomic mass is 32.2. The predicted molar refractivity (Wildman–Crippen MR) is 72.2 cm³/mol. The van der Waals surface area contributed by atoms with Crippen molar-refractivity contribution in [3.8, 4) is 0 Å². The third-order valence-electron chi connectivity index (χ3n) is 2.57. The van der Waals surface area contributed by atoms with Crippen LogP contribution in [0, 0.1) is 0 Å². The average molecular weight is 256 g/mol. The number of benzene rings is 1. The van der Waals surface area contributed by atoms with Crippen LogP contribution in [-0.4, -0.2) is 41.1 Å². The van der Waals surface area contributed by atoms with Crippen molar-refractivity contribution >= 4 is 15.5 Å². The molecule has 5 heteroatoms. The Bertz CT molecular complexity index is 457. The summed E-state index contributed by atoms with van der Waals surface area (Å²) in [5.74, 6) is 0.178. The summed E-state index contributed by atoms with van der Waals surface area (Å²) in [4.78, 5) is 1.98. The fourth-order valence-corrected chi connectivity index (χ4v) is 2.25. The van der Waals surface area contributed by atoms with Gasteiger partial charge in [-0.25, -0.2) is 8.42 Å². The molecule has 0 amide bonds. The van der Waals surface area contributed by atoms with E-state index in [4.69, 9.17) is 0 Å². The van der Waals surface area contributed by atoms with Crippen LogP contribution in [0.25, 0.3) is 0 Å². The molecule has 0 unspecified atom stereocenters. The number of rotatable bonds is 6. The highest BCUT2D eigenvalue weighted by Gasteiger charge is 2.09. The molecule has 0 saturated carbocycles. The number of nitrogens with one attached hydrogen (secondary N) is 1. The summed E-state index contributed by atoms with van der Waals surface area (Å²) in [5, 5.41) is 3.11. The molecule has 0 bridgehead atoms. The second-order valence-corrected chi connectivity index (χ2v) is 6.47. The zero-order chi connectivity index (χ0) is 12.9. The first kappa shape index (κ1) is 14.0. The molecule has 0 saturated heterocycles. The van der Waals surface area contributed by atoms with E-state index < -0.39 is 9.84 Å². The number of anilines is 1. The van der Waals surface area contributed by atoms with Crippen molar-refractivity contribution in [2.24, 2.45) is 0 Å². The minimum Gasteiger partial charge on any atom is -0.373 e. The van der Waals surface area contributed by atoms with Gasteiger partial charge in [-0.2, -0.15) is 0 Å². The van der Waals surface area contributed by atoms with E-state index in [1.807, 2.05) is 43.3 Å². The van der Waals surface area contributed by atoms with Crippen molar-refractivity contribution in [3.05, 3.63) is 29.8 Å². The van der Waals surface area contributed by atoms with E-state index in [1.54, 1.807) is 0 Å². The summed E-state index contributed by atoms with van der Waals surface area (Å²) in [6.45, 7) is 1.29. The van der Waals surface area contributed by atoms with Gasteiger partial charge >= 0.3 is 0 Å². The number of hydrogen-bond acceptors (Lipinski definition) is 4. The average Bonchev–Trinajstić information content (AvgIpc) is 2.26. The molecule has 0 aliphatic heterocycles. The molecule has 1 aromatic carbocycles. The van der Waals surface area contributed by atoms with Crippen LogP contribution >= 0.6 is 0 Å². The second kappa shape index (κ2) is 6.02. The monoisotopic (exact) mass is 256 g/mol. The largest absolute Gasteiger partial charge is 0.373 e. The summed E-state index contributed by atoms with van der Waals surface area (Å²) in [6, 6.07) is 8.00. The van der Waals surface area contributed by atoms with E-state index in [2.05, 4.69) is 5.32 Å². The fraction of sp³-hybridized carbons (Fsp3) is 0.500. The molecule has 1 rings (SSSR count). The molecule has 0 aliphatic rings. The van der Waals surface area contributed by atoms with Gasteiger partial charge in [0.05, 0.1) is 5.75 Å². The molecule has 4 nitrogen and oxygen atoms in total. The zero-order valence-electron chi connectivity index (χ0n) is 10.6. The maximum Gasteiger partial charge on any atom is 0.149 e. The Morgan fingerprint density at radius 1 is 1.29 bits per heavy atom. The predicted octanol–water partition coefficient (Wildman–Crippen LogP) is 0.887. The minimum absolute atomic E-state index is 0.178. The third-order valence-corrected chi connectivity index (χ3v) is 3.49. The van der Waals surface area contributed by atoms with Crippen LogP contribution in [0.4, 0.5) is 5.69 Å². The molecule has 0 fully saturated rings. The van der Waals surface area contributed by atoms with Gasteiger partial charge in [-0.05, 0) is 18.7 Å². The third kappa shape index (κ3) is 4.75. The van der Waals surface area contributed by atoms with Gasteiger partial charge in [0.1, 0.15) is 9.84 Å². The van der Waals surface area contributed by atoms with Gasteiger partial charge in [-0.1, -0.05) is 18.2 Å². The van der Waals surface area contributed by atoms with E-state index >= 15 is 0 Å². The maximum absolute atomic E-state index is 11.1. The lowest BCUT2D eigenvalue weighted by Gasteiger charge is -2.22. The zero-order valence-corrected chi connectivity index (χ0v) is 11.4. The van der Waals surface area contributed by atoms with Gasteiger partial charge in [0.25, 0.3) is 0 Å². The number of hydrogen-bond donors (Lipinski definition) is 1. The summed E-state index contributed by atoms with van der Waals surface area (Å²) in [5.41, 5.74) is 2.25. The Kier molecular flexibility index (Phi) is 4.96. The lowest BCUT2D eigenvalue weighted by Crippen LogP contribution is -2.26. The summed E-state index contributed by atoms with van der Waals surface area (Å²) >= 11 is 0. The van der Waals surface area contributed by atoms with Crippen molar-refractivity contribution in [2.75, 3.05) is 37.5 Å². The molecule has 0 aromatic heterocycles. The van der Waals surface area contributed by atoms with E-state index in [9.17, 15) is 8.42 Å². The van der Waals surface area contributed by atoms with Crippen LogP contribution in [-0.2, 0) is 16.4 Å². The molecule has 96 valence electrons.